The van der Waals surface area contributed by atoms with Crippen molar-refractivity contribution in [3.8, 4) is 0 Å². The number of hydrogen-bond acceptors (Lipinski definition) is 5. The molecule has 12 heavy (non-hydrogen) atoms. The molecule has 0 aromatic heterocycles. The van der Waals surface area contributed by atoms with Crippen LogP contribution in [0.5, 0.6) is 0 Å². The van der Waals surface area contributed by atoms with Crippen LogP contribution in [0.4, 0.5) is 0 Å². The molecule has 0 aliphatic heterocycles. The highest BCUT2D eigenvalue weighted by atomic mass is 32.2. The Morgan fingerprint density at radius 3 is 2.83 bits per heavy atom. The van der Waals surface area contributed by atoms with Crippen molar-refractivity contribution in [1.29, 1.82) is 0 Å². The molecule has 0 amide bonds. The predicted octanol–water partition coefficient (Wildman–Crippen LogP) is 0.585. The van der Waals surface area contributed by atoms with E-state index in [4.69, 9.17) is 5.14 Å². The van der Waals surface area contributed by atoms with Gasteiger partial charge in [-0.25, -0.2) is 4.21 Å². The second-order valence-electron chi connectivity index (χ2n) is 2.14. The van der Waals surface area contributed by atoms with Gasteiger partial charge in [-0.05, 0) is 12.2 Å². The molecule has 0 radical (unpaired) electrons. The number of thiol groups is 1. The lowest BCUT2D eigenvalue weighted by molar-refractivity contribution is 0.701. The molecular formula is C6H8N2OS3. The summed E-state index contributed by atoms with van der Waals surface area (Å²) >= 11 is 5.75. The van der Waals surface area contributed by atoms with E-state index in [0.717, 1.165) is 27.6 Å². The third-order valence-electron chi connectivity index (χ3n) is 1.36. The van der Waals surface area contributed by atoms with E-state index in [9.17, 15) is 4.21 Å². The molecule has 0 aromatic rings. The van der Waals surface area contributed by atoms with Crippen LogP contribution in [0.1, 0.15) is 6.42 Å². The highest BCUT2D eigenvalue weighted by Crippen LogP contribution is 2.18. The van der Waals surface area contributed by atoms with E-state index in [-0.39, 0.29) is 0 Å². The first-order valence-electron chi connectivity index (χ1n) is 3.15. The smallest absolute Gasteiger partial charge is 0.0924 e. The molecule has 0 saturated carbocycles. The summed E-state index contributed by atoms with van der Waals surface area (Å²) in [5.41, 5.74) is 0.864. The third kappa shape index (κ3) is 2.41. The summed E-state index contributed by atoms with van der Waals surface area (Å²) in [6.45, 7) is 0. The molecule has 0 atom stereocenters. The first kappa shape index (κ1) is 9.91. The molecule has 66 valence electrons. The lowest BCUT2D eigenvalue weighted by Gasteiger charge is -2.11. The molecule has 3 N–H and O–H groups in total. The van der Waals surface area contributed by atoms with Crippen molar-refractivity contribution in [2.45, 2.75) is 6.42 Å². The van der Waals surface area contributed by atoms with Crippen LogP contribution in [0, 0.1) is 0 Å². The minimum atomic E-state index is 0.501. The van der Waals surface area contributed by atoms with E-state index < -0.39 is 0 Å². The Morgan fingerprint density at radius 1 is 1.58 bits per heavy atom. The van der Waals surface area contributed by atoms with Gasteiger partial charge in [0, 0.05) is 23.5 Å². The largest absolute Gasteiger partial charge is 0.316 e. The monoisotopic (exact) mass is 220 g/mol. The second kappa shape index (κ2) is 4.76. The Balaban J connectivity index is 2.80. The van der Waals surface area contributed by atoms with Crippen molar-refractivity contribution in [3.05, 3.63) is 22.8 Å². The number of allylic oxidation sites excluding steroid dienone is 3. The zero-order valence-electron chi connectivity index (χ0n) is 6.11. The summed E-state index contributed by atoms with van der Waals surface area (Å²) in [7, 11) is 0. The van der Waals surface area contributed by atoms with Gasteiger partial charge in [0.05, 0.1) is 21.8 Å². The number of hydrogen-bond donors (Lipinski definition) is 3. The molecule has 0 bridgehead atoms. The van der Waals surface area contributed by atoms with E-state index in [1.165, 1.54) is 0 Å². The van der Waals surface area contributed by atoms with Crippen LogP contribution in [0.2, 0.25) is 0 Å². The number of nitrogens with two attached hydrogens (primary N) is 1. The molecule has 3 nitrogen and oxygen atoms in total. The lowest BCUT2D eigenvalue weighted by atomic mass is 10.1. The van der Waals surface area contributed by atoms with Gasteiger partial charge in [-0.3, -0.25) is 5.14 Å². The fourth-order valence-corrected chi connectivity index (χ4v) is 1.93. The van der Waals surface area contributed by atoms with Gasteiger partial charge in [-0.15, -0.1) is 12.6 Å². The van der Waals surface area contributed by atoms with Gasteiger partial charge in [-0.2, -0.15) is 0 Å². The molecule has 1 aliphatic rings. The molecule has 0 unspecified atom stereocenters. The first-order chi connectivity index (χ1) is 5.77. The zero-order valence-corrected chi connectivity index (χ0v) is 8.64. The predicted molar refractivity (Wildman–Crippen MR) is 57.8 cm³/mol. The van der Waals surface area contributed by atoms with E-state index in [2.05, 4.69) is 17.4 Å². The molecule has 1 aliphatic carbocycles. The van der Waals surface area contributed by atoms with Gasteiger partial charge in [0.15, 0.2) is 0 Å². The maximum Gasteiger partial charge on any atom is 0.0924 e. The van der Waals surface area contributed by atoms with Gasteiger partial charge >= 0.3 is 0 Å². The van der Waals surface area contributed by atoms with E-state index in [1.54, 1.807) is 12.2 Å². The maximum absolute atomic E-state index is 10.4. The van der Waals surface area contributed by atoms with Gasteiger partial charge in [0.25, 0.3) is 0 Å². The number of rotatable bonds is 2. The fourth-order valence-electron chi connectivity index (χ4n) is 0.805. The molecule has 0 fully saturated rings. The van der Waals surface area contributed by atoms with E-state index in [0.29, 0.717) is 17.7 Å². The standard InChI is InChI=1S/C6H8N2OS3/c7-12-8-5-2-1-4(11-9)3-6(5)10/h1-2,8,10H,3,7H2. The van der Waals surface area contributed by atoms with Gasteiger partial charge in [0.1, 0.15) is 0 Å². The van der Waals surface area contributed by atoms with Crippen LogP contribution < -0.4 is 9.86 Å². The Morgan fingerprint density at radius 2 is 2.33 bits per heavy atom. The quantitative estimate of drug-likeness (QED) is 0.362. The SMILES string of the molecule is NSNC1=C(S)CC(=S=O)C=C1. The average molecular weight is 220 g/mol. The van der Waals surface area contributed by atoms with Crippen molar-refractivity contribution in [3.63, 3.8) is 0 Å². The summed E-state index contributed by atoms with van der Waals surface area (Å²) in [5, 5.41) is 5.22. The highest BCUT2D eigenvalue weighted by molar-refractivity contribution is 7.95. The topological polar surface area (TPSA) is 55.1 Å². The van der Waals surface area contributed by atoms with Crippen LogP contribution in [0.25, 0.3) is 0 Å². The Bertz CT molecular complexity index is 291. The molecule has 0 aromatic carbocycles. The van der Waals surface area contributed by atoms with Crippen LogP contribution >= 0.6 is 24.8 Å². The van der Waals surface area contributed by atoms with Crippen molar-refractivity contribution in [1.82, 2.24) is 4.72 Å². The van der Waals surface area contributed by atoms with Gasteiger partial charge in [-0.1, -0.05) is 0 Å². The minimum absolute atomic E-state index is 0.501. The summed E-state index contributed by atoms with van der Waals surface area (Å²) in [5.74, 6) is 0. The molecular weight excluding hydrogens is 212 g/mol. The van der Waals surface area contributed by atoms with Crippen molar-refractivity contribution >= 4 is 40.9 Å². The Labute approximate surface area is 84.2 Å². The van der Waals surface area contributed by atoms with Crippen LogP contribution in [-0.4, -0.2) is 9.07 Å². The second-order valence-corrected chi connectivity index (χ2v) is 3.81. The third-order valence-corrected chi connectivity index (χ3v) is 2.60. The maximum atomic E-state index is 10.4. The van der Waals surface area contributed by atoms with Crippen LogP contribution in [0.3, 0.4) is 0 Å². The average Bonchev–Trinajstić information content (AvgIpc) is 2.09. The van der Waals surface area contributed by atoms with E-state index in [1.807, 2.05) is 0 Å². The lowest BCUT2D eigenvalue weighted by Crippen LogP contribution is -2.11. The summed E-state index contributed by atoms with van der Waals surface area (Å²) in [6.07, 6.45) is 4.17. The molecule has 0 saturated heterocycles. The van der Waals surface area contributed by atoms with Crippen molar-refractivity contribution < 1.29 is 4.21 Å². The molecule has 0 heterocycles. The summed E-state index contributed by atoms with van der Waals surface area (Å²) in [6, 6.07) is 0. The molecule has 6 heteroatoms. The van der Waals surface area contributed by atoms with Gasteiger partial charge < -0.3 is 4.72 Å². The Kier molecular flexibility index (Phi) is 3.93. The Hall–Kier alpha value is -0.170. The van der Waals surface area contributed by atoms with Crippen molar-refractivity contribution in [2.75, 3.05) is 0 Å². The highest BCUT2D eigenvalue weighted by Gasteiger charge is 2.08. The fraction of sp³-hybridized carbons (Fsp3) is 0.167. The van der Waals surface area contributed by atoms with E-state index >= 15 is 0 Å². The van der Waals surface area contributed by atoms with Crippen LogP contribution in [-0.2, 0) is 11.3 Å². The van der Waals surface area contributed by atoms with Gasteiger partial charge in [0.2, 0.25) is 0 Å². The minimum Gasteiger partial charge on any atom is -0.316 e. The number of nitrogens with one attached hydrogen (secondary N) is 1. The molecule has 0 spiro atoms. The van der Waals surface area contributed by atoms with Crippen LogP contribution in [0.15, 0.2) is 22.8 Å². The van der Waals surface area contributed by atoms with Crippen molar-refractivity contribution in [2.24, 2.45) is 5.14 Å². The zero-order chi connectivity index (χ0) is 8.97. The normalized spacial score (nSPS) is 16.7. The first-order valence-corrected chi connectivity index (χ1v) is 5.22. The molecule has 1 rings (SSSR count). The summed E-state index contributed by atoms with van der Waals surface area (Å²) < 4.78 is 13.3. The summed E-state index contributed by atoms with van der Waals surface area (Å²) in [4.78, 5) is 1.61.